The van der Waals surface area contributed by atoms with Gasteiger partial charge in [0.2, 0.25) is 0 Å². The Hall–Kier alpha value is -0.390. The second-order valence-electron chi connectivity index (χ2n) is 2.87. The minimum absolute atomic E-state index is 0.702. The molecule has 1 N–H and O–H groups in total. The second kappa shape index (κ2) is 6.16. The lowest BCUT2D eigenvalue weighted by Crippen LogP contribution is -2.19. The number of rotatable bonds is 6. The van der Waals surface area contributed by atoms with E-state index in [0.717, 1.165) is 18.8 Å². The van der Waals surface area contributed by atoms with Gasteiger partial charge in [0.1, 0.15) is 5.75 Å². The summed E-state index contributed by atoms with van der Waals surface area (Å²) in [5, 5.41) is 5.24. The van der Waals surface area contributed by atoms with Crippen LogP contribution in [0.1, 0.15) is 4.88 Å². The Morgan fingerprint density at radius 3 is 3.07 bits per heavy atom. The summed E-state index contributed by atoms with van der Waals surface area (Å²) < 4.78 is 16.0. The second-order valence-corrected chi connectivity index (χ2v) is 5.42. The average Bonchev–Trinajstić information content (AvgIpc) is 2.59. The van der Waals surface area contributed by atoms with Crippen LogP contribution in [0.15, 0.2) is 11.4 Å². The fraction of sp³-hybridized carbons (Fsp3) is 0.556. The highest BCUT2D eigenvalue weighted by atomic mass is 32.2. The van der Waals surface area contributed by atoms with Gasteiger partial charge in [0.05, 0.1) is 12.0 Å². The summed E-state index contributed by atoms with van der Waals surface area (Å²) in [7, 11) is 0.962. The van der Waals surface area contributed by atoms with Crippen molar-refractivity contribution in [1.29, 1.82) is 0 Å². The van der Waals surface area contributed by atoms with Crippen LogP contribution >= 0.6 is 11.3 Å². The lowest BCUT2D eigenvalue weighted by molar-refractivity contribution is 0.411. The largest absolute Gasteiger partial charge is 0.496 e. The molecule has 0 saturated heterocycles. The third-order valence-corrected chi connectivity index (χ3v) is 3.46. The molecular formula is C9H15NO2S2. The van der Waals surface area contributed by atoms with Crippen molar-refractivity contribution >= 4 is 22.1 Å². The number of methoxy groups -OCH3 is 1. The Kier molecular flexibility index (Phi) is 5.14. The highest BCUT2D eigenvalue weighted by molar-refractivity contribution is 7.84. The Balaban J connectivity index is 2.27. The zero-order valence-corrected chi connectivity index (χ0v) is 10.0. The molecule has 1 unspecified atom stereocenters. The number of ether oxygens (including phenoxy) is 1. The molecule has 1 aromatic rings. The van der Waals surface area contributed by atoms with E-state index < -0.39 is 10.8 Å². The van der Waals surface area contributed by atoms with E-state index in [1.807, 2.05) is 11.4 Å². The van der Waals surface area contributed by atoms with Gasteiger partial charge >= 0.3 is 0 Å². The minimum Gasteiger partial charge on any atom is -0.496 e. The van der Waals surface area contributed by atoms with Gasteiger partial charge in [0, 0.05) is 35.9 Å². The van der Waals surface area contributed by atoms with E-state index in [0.29, 0.717) is 5.75 Å². The molecule has 0 amide bonds. The third kappa shape index (κ3) is 3.77. The maximum atomic E-state index is 10.8. The molecule has 0 aliphatic rings. The van der Waals surface area contributed by atoms with E-state index in [4.69, 9.17) is 4.74 Å². The van der Waals surface area contributed by atoms with Gasteiger partial charge in [-0.3, -0.25) is 4.21 Å². The van der Waals surface area contributed by atoms with Crippen LogP contribution < -0.4 is 10.1 Å². The van der Waals surface area contributed by atoms with Gasteiger partial charge in [-0.25, -0.2) is 0 Å². The topological polar surface area (TPSA) is 38.3 Å². The Labute approximate surface area is 90.9 Å². The van der Waals surface area contributed by atoms with Crippen molar-refractivity contribution < 1.29 is 8.95 Å². The molecule has 14 heavy (non-hydrogen) atoms. The summed E-state index contributed by atoms with van der Waals surface area (Å²) in [5.41, 5.74) is 0. The van der Waals surface area contributed by atoms with E-state index in [2.05, 4.69) is 5.32 Å². The summed E-state index contributed by atoms with van der Waals surface area (Å²) in [4.78, 5) is 1.19. The van der Waals surface area contributed by atoms with Gasteiger partial charge in [-0.1, -0.05) is 0 Å². The summed E-state index contributed by atoms with van der Waals surface area (Å²) in [6.07, 6.45) is 1.72. The van der Waals surface area contributed by atoms with Gasteiger partial charge in [-0.2, -0.15) is 0 Å². The maximum Gasteiger partial charge on any atom is 0.134 e. The van der Waals surface area contributed by atoms with E-state index in [-0.39, 0.29) is 0 Å². The molecule has 0 aliphatic heterocycles. The van der Waals surface area contributed by atoms with Gasteiger partial charge in [0.15, 0.2) is 0 Å². The maximum absolute atomic E-state index is 10.8. The molecular weight excluding hydrogens is 218 g/mol. The van der Waals surface area contributed by atoms with Crippen LogP contribution in [0.4, 0.5) is 0 Å². The molecule has 0 aliphatic carbocycles. The zero-order chi connectivity index (χ0) is 10.4. The molecule has 80 valence electrons. The Morgan fingerprint density at radius 1 is 1.64 bits per heavy atom. The van der Waals surface area contributed by atoms with E-state index in [1.54, 1.807) is 24.7 Å². The van der Waals surface area contributed by atoms with Gasteiger partial charge in [-0.05, 0) is 11.4 Å². The van der Waals surface area contributed by atoms with E-state index in [1.165, 1.54) is 4.88 Å². The number of nitrogens with one attached hydrogen (secondary N) is 1. The van der Waals surface area contributed by atoms with Crippen LogP contribution in [0.3, 0.4) is 0 Å². The number of thiophene rings is 1. The van der Waals surface area contributed by atoms with Crippen LogP contribution in [0, 0.1) is 0 Å². The Morgan fingerprint density at radius 2 is 2.43 bits per heavy atom. The minimum atomic E-state index is -0.711. The lowest BCUT2D eigenvalue weighted by Gasteiger charge is -2.03. The molecule has 0 fully saturated rings. The molecule has 1 atom stereocenters. The molecule has 0 aromatic carbocycles. The van der Waals surface area contributed by atoms with Crippen LogP contribution in [0.5, 0.6) is 5.75 Å². The van der Waals surface area contributed by atoms with Crippen LogP contribution in [-0.4, -0.2) is 29.9 Å². The quantitative estimate of drug-likeness (QED) is 0.751. The fourth-order valence-corrected chi connectivity index (χ4v) is 2.30. The molecule has 5 heteroatoms. The molecule has 0 spiro atoms. The molecule has 1 rings (SSSR count). The molecule has 0 saturated carbocycles. The van der Waals surface area contributed by atoms with Gasteiger partial charge in [-0.15, -0.1) is 11.3 Å². The van der Waals surface area contributed by atoms with Crippen LogP contribution in [0.2, 0.25) is 0 Å². The first kappa shape index (κ1) is 11.7. The van der Waals surface area contributed by atoms with Crippen molar-refractivity contribution in [2.24, 2.45) is 0 Å². The van der Waals surface area contributed by atoms with E-state index >= 15 is 0 Å². The van der Waals surface area contributed by atoms with Crippen molar-refractivity contribution in [1.82, 2.24) is 5.32 Å². The molecule has 3 nitrogen and oxygen atoms in total. The van der Waals surface area contributed by atoms with Crippen molar-refractivity contribution in [3.8, 4) is 5.75 Å². The molecule has 1 aromatic heterocycles. The SMILES string of the molecule is COc1ccsc1CNCCS(C)=O. The van der Waals surface area contributed by atoms with Gasteiger partial charge in [0.25, 0.3) is 0 Å². The molecule has 0 bridgehead atoms. The smallest absolute Gasteiger partial charge is 0.134 e. The fourth-order valence-electron chi connectivity index (χ4n) is 1.06. The zero-order valence-electron chi connectivity index (χ0n) is 8.41. The van der Waals surface area contributed by atoms with Gasteiger partial charge < -0.3 is 10.1 Å². The summed E-state index contributed by atoms with van der Waals surface area (Å²) in [6, 6.07) is 1.96. The van der Waals surface area contributed by atoms with E-state index in [9.17, 15) is 4.21 Å². The molecule has 1 heterocycles. The van der Waals surface area contributed by atoms with Crippen molar-refractivity contribution in [3.63, 3.8) is 0 Å². The highest BCUT2D eigenvalue weighted by Gasteiger charge is 2.02. The monoisotopic (exact) mass is 233 g/mol. The number of hydrogen-bond acceptors (Lipinski definition) is 4. The summed E-state index contributed by atoms with van der Waals surface area (Å²) in [5.74, 6) is 1.63. The van der Waals surface area contributed by atoms with Crippen molar-refractivity contribution in [3.05, 3.63) is 16.3 Å². The first-order valence-electron chi connectivity index (χ1n) is 4.35. The summed E-state index contributed by atoms with van der Waals surface area (Å²) in [6.45, 7) is 1.57. The highest BCUT2D eigenvalue weighted by Crippen LogP contribution is 2.23. The average molecular weight is 233 g/mol. The van der Waals surface area contributed by atoms with Crippen molar-refractivity contribution in [2.75, 3.05) is 25.7 Å². The third-order valence-electron chi connectivity index (χ3n) is 1.78. The van der Waals surface area contributed by atoms with Crippen LogP contribution in [0.25, 0.3) is 0 Å². The predicted molar refractivity (Wildman–Crippen MR) is 61.5 cm³/mol. The normalized spacial score (nSPS) is 12.7. The summed E-state index contributed by atoms with van der Waals surface area (Å²) >= 11 is 1.67. The standard InChI is InChI=1S/C9H15NO2S2/c1-12-8-3-5-13-9(8)7-10-4-6-14(2)11/h3,5,10H,4,6-7H2,1-2H3. The Bertz CT molecular complexity index is 299. The van der Waals surface area contributed by atoms with Crippen molar-refractivity contribution in [2.45, 2.75) is 6.54 Å². The predicted octanol–water partition coefficient (Wildman–Crippen LogP) is 1.22. The number of hydrogen-bond donors (Lipinski definition) is 1. The first-order valence-corrected chi connectivity index (χ1v) is 6.96. The first-order chi connectivity index (χ1) is 6.74. The molecule has 0 radical (unpaired) electrons. The lowest BCUT2D eigenvalue weighted by atomic mass is 10.4. The van der Waals surface area contributed by atoms with Crippen LogP contribution in [-0.2, 0) is 17.3 Å².